The molecule has 0 aliphatic carbocycles. The van der Waals surface area contributed by atoms with Crippen LogP contribution < -0.4 is 4.74 Å². The fourth-order valence-corrected chi connectivity index (χ4v) is 3.99. The largest absolute Gasteiger partial charge is 0.432 e. The van der Waals surface area contributed by atoms with E-state index in [-0.39, 0.29) is 22.1 Å². The summed E-state index contributed by atoms with van der Waals surface area (Å²) in [4.78, 5) is 0. The van der Waals surface area contributed by atoms with E-state index in [0.29, 0.717) is 29.4 Å². The minimum atomic E-state index is -3.17. The molecule has 0 fully saturated rings. The Labute approximate surface area is 198 Å². The van der Waals surface area contributed by atoms with Crippen LogP contribution in [0.15, 0.2) is 72.8 Å². The van der Waals surface area contributed by atoms with Crippen molar-refractivity contribution < 1.29 is 31.1 Å². The molecule has 0 atom stereocenters. The van der Waals surface area contributed by atoms with E-state index in [9.17, 15) is 22.0 Å². The summed E-state index contributed by atoms with van der Waals surface area (Å²) in [5, 5.41) is 0.373. The number of rotatable bonds is 7. The molecule has 0 saturated heterocycles. The van der Waals surface area contributed by atoms with Crippen LogP contribution in [0.25, 0.3) is 33.0 Å². The van der Waals surface area contributed by atoms with Gasteiger partial charge in [-0.05, 0) is 72.2 Å². The molecule has 0 heterocycles. The average Bonchev–Trinajstić information content (AvgIpc) is 2.80. The van der Waals surface area contributed by atoms with Crippen molar-refractivity contribution in [3.8, 4) is 28.0 Å². The molecular weight excluding hydrogens is 466 g/mol. The van der Waals surface area contributed by atoms with Gasteiger partial charge in [-0.2, -0.15) is 8.78 Å². The fraction of sp³-hybridized carbons (Fsp3) is 0.143. The maximum Gasteiger partial charge on any atom is 0.387 e. The van der Waals surface area contributed by atoms with E-state index in [4.69, 9.17) is 0 Å². The Hall–Kier alpha value is -3.74. The Morgan fingerprint density at radius 1 is 0.800 bits per heavy atom. The number of hydrogen-bond donors (Lipinski definition) is 0. The van der Waals surface area contributed by atoms with Crippen molar-refractivity contribution in [3.05, 3.63) is 102 Å². The molecule has 0 radical (unpaired) electrons. The highest BCUT2D eigenvalue weighted by Gasteiger charge is 2.17. The topological polar surface area (TPSA) is 9.23 Å². The standard InChI is InChI=1S/C28H20F6O/c1-2-3-4-5-16-12-23(30)26(24(31)13-16)19-7-9-20(22(29)15-19)17-6-10-21-18(14-17)8-11-25(27(21)32)35-28(33)34/h2-3,6-15,28H,4-5H2,1H3/b3-2+. The first-order valence-electron chi connectivity index (χ1n) is 10.8. The van der Waals surface area contributed by atoms with Gasteiger partial charge in [0.25, 0.3) is 0 Å². The van der Waals surface area contributed by atoms with Crippen molar-refractivity contribution >= 4 is 10.8 Å². The smallest absolute Gasteiger partial charge is 0.387 e. The van der Waals surface area contributed by atoms with Gasteiger partial charge < -0.3 is 4.74 Å². The summed E-state index contributed by atoms with van der Waals surface area (Å²) in [6, 6.07) is 13.0. The summed E-state index contributed by atoms with van der Waals surface area (Å²) in [5.74, 6) is -3.83. The van der Waals surface area contributed by atoms with Gasteiger partial charge in [0, 0.05) is 10.9 Å². The number of hydrogen-bond acceptors (Lipinski definition) is 1. The first-order valence-corrected chi connectivity index (χ1v) is 10.8. The van der Waals surface area contributed by atoms with E-state index in [2.05, 4.69) is 4.74 Å². The van der Waals surface area contributed by atoms with Gasteiger partial charge in [0.15, 0.2) is 11.6 Å². The number of alkyl halides is 2. The van der Waals surface area contributed by atoms with Crippen molar-refractivity contribution in [2.45, 2.75) is 26.4 Å². The van der Waals surface area contributed by atoms with Crippen LogP contribution in [-0.2, 0) is 6.42 Å². The average molecular weight is 486 g/mol. The zero-order valence-corrected chi connectivity index (χ0v) is 18.6. The summed E-state index contributed by atoms with van der Waals surface area (Å²) in [6.45, 7) is -1.31. The van der Waals surface area contributed by atoms with Crippen molar-refractivity contribution in [3.63, 3.8) is 0 Å². The third-order valence-electron chi connectivity index (χ3n) is 5.64. The quantitative estimate of drug-likeness (QED) is 0.187. The second kappa shape index (κ2) is 10.3. The molecule has 35 heavy (non-hydrogen) atoms. The highest BCUT2D eigenvalue weighted by atomic mass is 19.3. The lowest BCUT2D eigenvalue weighted by Gasteiger charge is -2.12. The zero-order valence-electron chi connectivity index (χ0n) is 18.6. The minimum Gasteiger partial charge on any atom is -0.432 e. The number of fused-ring (bicyclic) bond motifs is 1. The molecule has 4 aromatic rings. The summed E-state index contributed by atoms with van der Waals surface area (Å²) in [6.07, 6.45) is 4.88. The number of aryl methyl sites for hydroxylation is 1. The van der Waals surface area contributed by atoms with Gasteiger partial charge in [0.05, 0.1) is 5.56 Å². The molecule has 0 saturated carbocycles. The molecule has 0 N–H and O–H groups in total. The third-order valence-corrected chi connectivity index (χ3v) is 5.64. The predicted octanol–water partition coefficient (Wildman–Crippen LogP) is 8.84. The van der Waals surface area contributed by atoms with E-state index in [1.807, 2.05) is 19.1 Å². The SMILES string of the molecule is C/C=C/CCc1cc(F)c(-c2ccc(-c3ccc4c(F)c(OC(F)F)ccc4c3)c(F)c2)c(F)c1. The van der Waals surface area contributed by atoms with Crippen molar-refractivity contribution in [1.29, 1.82) is 0 Å². The van der Waals surface area contributed by atoms with Gasteiger partial charge >= 0.3 is 6.61 Å². The van der Waals surface area contributed by atoms with Crippen molar-refractivity contribution in [1.82, 2.24) is 0 Å². The second-order valence-electron chi connectivity index (χ2n) is 7.93. The molecule has 0 aromatic heterocycles. The zero-order chi connectivity index (χ0) is 25.1. The van der Waals surface area contributed by atoms with Crippen LogP contribution in [0, 0.1) is 23.3 Å². The Balaban J connectivity index is 1.67. The van der Waals surface area contributed by atoms with Crippen LogP contribution in [0.4, 0.5) is 26.3 Å². The molecule has 0 aliphatic heterocycles. The Morgan fingerprint density at radius 2 is 1.51 bits per heavy atom. The molecule has 0 amide bonds. The highest BCUT2D eigenvalue weighted by molar-refractivity contribution is 5.89. The maximum atomic E-state index is 15.0. The van der Waals surface area contributed by atoms with E-state index in [0.717, 1.165) is 12.1 Å². The van der Waals surface area contributed by atoms with Crippen molar-refractivity contribution in [2.75, 3.05) is 0 Å². The third kappa shape index (κ3) is 5.19. The van der Waals surface area contributed by atoms with Crippen LogP contribution >= 0.6 is 0 Å². The van der Waals surface area contributed by atoms with E-state index >= 15 is 4.39 Å². The minimum absolute atomic E-state index is 0.0302. The Kier molecular flexibility index (Phi) is 7.15. The fourth-order valence-electron chi connectivity index (χ4n) is 3.99. The number of benzene rings is 4. The molecule has 1 nitrogen and oxygen atoms in total. The normalized spacial score (nSPS) is 11.7. The van der Waals surface area contributed by atoms with Gasteiger partial charge in [-0.15, -0.1) is 0 Å². The first kappa shape index (κ1) is 24.4. The van der Waals surface area contributed by atoms with Gasteiger partial charge in [0.2, 0.25) is 0 Å². The monoisotopic (exact) mass is 486 g/mol. The van der Waals surface area contributed by atoms with Gasteiger partial charge in [-0.3, -0.25) is 0 Å². The van der Waals surface area contributed by atoms with E-state index < -0.39 is 35.6 Å². The van der Waals surface area contributed by atoms with Gasteiger partial charge in [0.1, 0.15) is 17.5 Å². The molecule has 0 aliphatic rings. The lowest BCUT2D eigenvalue weighted by atomic mass is 9.96. The lowest BCUT2D eigenvalue weighted by Crippen LogP contribution is -2.03. The number of allylic oxidation sites excluding steroid dienone is 2. The molecular formula is C28H20F6O. The van der Waals surface area contributed by atoms with Crippen LogP contribution in [0.1, 0.15) is 18.9 Å². The summed E-state index contributed by atoms with van der Waals surface area (Å²) in [7, 11) is 0. The van der Waals surface area contributed by atoms with E-state index in [1.165, 1.54) is 48.5 Å². The van der Waals surface area contributed by atoms with Crippen LogP contribution in [0.3, 0.4) is 0 Å². The summed E-state index contributed by atoms with van der Waals surface area (Å²) < 4.78 is 88.0. The van der Waals surface area contributed by atoms with E-state index in [1.54, 1.807) is 0 Å². The predicted molar refractivity (Wildman–Crippen MR) is 124 cm³/mol. The first-order chi connectivity index (χ1) is 16.8. The summed E-state index contributed by atoms with van der Waals surface area (Å²) >= 11 is 0. The Morgan fingerprint density at radius 3 is 2.17 bits per heavy atom. The molecule has 7 heteroatoms. The molecule has 180 valence electrons. The Bertz CT molecular complexity index is 1390. The van der Waals surface area contributed by atoms with Crippen molar-refractivity contribution in [2.24, 2.45) is 0 Å². The summed E-state index contributed by atoms with van der Waals surface area (Å²) in [5.41, 5.74) is 0.736. The number of ether oxygens (including phenoxy) is 1. The molecule has 4 aromatic carbocycles. The molecule has 0 unspecified atom stereocenters. The highest BCUT2D eigenvalue weighted by Crippen LogP contribution is 2.34. The molecule has 0 spiro atoms. The molecule has 0 bridgehead atoms. The number of halogens is 6. The molecule has 4 rings (SSSR count). The maximum absolute atomic E-state index is 15.0. The van der Waals surface area contributed by atoms with Crippen LogP contribution in [-0.4, -0.2) is 6.61 Å². The second-order valence-corrected chi connectivity index (χ2v) is 7.93. The van der Waals surface area contributed by atoms with Gasteiger partial charge in [-0.1, -0.05) is 42.5 Å². The van der Waals surface area contributed by atoms with Gasteiger partial charge in [-0.25, -0.2) is 17.6 Å². The lowest BCUT2D eigenvalue weighted by molar-refractivity contribution is -0.0520. The van der Waals surface area contributed by atoms with Crippen LogP contribution in [0.2, 0.25) is 0 Å². The van der Waals surface area contributed by atoms with Crippen LogP contribution in [0.5, 0.6) is 5.75 Å².